The summed E-state index contributed by atoms with van der Waals surface area (Å²) in [7, 11) is 0. The van der Waals surface area contributed by atoms with Crippen LogP contribution in [-0.2, 0) is 0 Å². The molecule has 0 saturated carbocycles. The quantitative estimate of drug-likeness (QED) is 0.668. The molecule has 1 aromatic carbocycles. The van der Waals surface area contributed by atoms with E-state index in [-0.39, 0.29) is 5.56 Å². The molecule has 0 aromatic heterocycles. The maximum atomic E-state index is 12.2. The summed E-state index contributed by atoms with van der Waals surface area (Å²) in [6.45, 7) is 0. The Labute approximate surface area is 86.8 Å². The minimum atomic E-state index is -4.27. The van der Waals surface area contributed by atoms with Crippen molar-refractivity contribution in [2.45, 2.75) is 11.0 Å². The van der Waals surface area contributed by atoms with Crippen molar-refractivity contribution in [2.75, 3.05) is 0 Å². The van der Waals surface area contributed by atoms with Crippen LogP contribution in [0.4, 0.5) is 13.2 Å². The lowest BCUT2D eigenvalue weighted by Gasteiger charge is -2.13. The number of benzene rings is 1. The molecule has 0 N–H and O–H groups in total. The van der Waals surface area contributed by atoms with Gasteiger partial charge in [0.2, 0.25) is 0 Å². The average Bonchev–Trinajstić information content (AvgIpc) is 2.03. The van der Waals surface area contributed by atoms with Gasteiger partial charge in [-0.3, -0.25) is 0 Å². The van der Waals surface area contributed by atoms with Gasteiger partial charge in [-0.15, -0.1) is 0 Å². The van der Waals surface area contributed by atoms with E-state index in [9.17, 15) is 13.2 Å². The Hall–Kier alpha value is -0.220. The summed E-state index contributed by atoms with van der Waals surface area (Å²) >= 11 is 8.10. The van der Waals surface area contributed by atoms with Gasteiger partial charge in [0.1, 0.15) is 4.83 Å². The maximum Gasteiger partial charge on any atom is 0.405 e. The highest BCUT2D eigenvalue weighted by Crippen LogP contribution is 2.39. The molecule has 0 spiro atoms. The summed E-state index contributed by atoms with van der Waals surface area (Å²) in [4.78, 5) is -1.63. The number of halogens is 5. The predicted molar refractivity (Wildman–Crippen MR) is 49.2 cm³/mol. The van der Waals surface area contributed by atoms with Crippen molar-refractivity contribution in [1.29, 1.82) is 0 Å². The van der Waals surface area contributed by atoms with E-state index in [1.54, 1.807) is 0 Å². The third kappa shape index (κ3) is 2.88. The minimum Gasteiger partial charge on any atom is -0.169 e. The first-order chi connectivity index (χ1) is 5.91. The van der Waals surface area contributed by atoms with E-state index in [1.807, 2.05) is 0 Å². The normalized spacial score (nSPS) is 14.2. The van der Waals surface area contributed by atoms with Gasteiger partial charge in [-0.25, -0.2) is 0 Å². The second kappa shape index (κ2) is 3.88. The molecule has 0 bridgehead atoms. The van der Waals surface area contributed by atoms with E-state index in [0.717, 1.165) is 0 Å². The summed E-state index contributed by atoms with van der Waals surface area (Å²) in [6.07, 6.45) is -4.27. The first kappa shape index (κ1) is 10.9. The zero-order chi connectivity index (χ0) is 10.1. The molecule has 13 heavy (non-hydrogen) atoms. The van der Waals surface area contributed by atoms with Gasteiger partial charge in [0.15, 0.2) is 0 Å². The third-order valence-electron chi connectivity index (χ3n) is 1.45. The Kier molecular flexibility index (Phi) is 3.24. The highest BCUT2D eigenvalue weighted by molar-refractivity contribution is 9.09. The number of rotatable bonds is 1. The van der Waals surface area contributed by atoms with Crippen LogP contribution in [0.25, 0.3) is 0 Å². The van der Waals surface area contributed by atoms with Gasteiger partial charge in [-0.2, -0.15) is 13.2 Å². The van der Waals surface area contributed by atoms with Gasteiger partial charge in [0.05, 0.1) is 0 Å². The van der Waals surface area contributed by atoms with E-state index in [0.29, 0.717) is 5.02 Å². The van der Waals surface area contributed by atoms with Crippen molar-refractivity contribution in [3.63, 3.8) is 0 Å². The molecule has 0 heterocycles. The molecular formula is C8H5BrClF3. The molecule has 0 fully saturated rings. The molecule has 72 valence electrons. The van der Waals surface area contributed by atoms with Crippen LogP contribution in [0.2, 0.25) is 5.02 Å². The minimum absolute atomic E-state index is 0.150. The third-order valence-corrected chi connectivity index (χ3v) is 2.75. The fourth-order valence-corrected chi connectivity index (χ4v) is 1.25. The van der Waals surface area contributed by atoms with Gasteiger partial charge < -0.3 is 0 Å². The number of hydrogen-bond donors (Lipinski definition) is 0. The fourth-order valence-electron chi connectivity index (χ4n) is 0.821. The van der Waals surface area contributed by atoms with Crippen molar-refractivity contribution in [3.8, 4) is 0 Å². The SMILES string of the molecule is FC(F)(F)C(Br)c1ccc(Cl)cc1. The van der Waals surface area contributed by atoms with Crippen LogP contribution in [0.1, 0.15) is 10.4 Å². The maximum absolute atomic E-state index is 12.2. The fraction of sp³-hybridized carbons (Fsp3) is 0.250. The molecule has 0 amide bonds. The molecule has 0 radical (unpaired) electrons. The van der Waals surface area contributed by atoms with Crippen molar-refractivity contribution < 1.29 is 13.2 Å². The lowest BCUT2D eigenvalue weighted by Crippen LogP contribution is -2.14. The smallest absolute Gasteiger partial charge is 0.169 e. The number of hydrogen-bond acceptors (Lipinski definition) is 0. The Bertz CT molecular complexity index is 280. The molecule has 0 aliphatic heterocycles. The van der Waals surface area contributed by atoms with Crippen LogP contribution < -0.4 is 0 Å². The molecule has 1 atom stereocenters. The molecule has 0 aliphatic carbocycles. The van der Waals surface area contributed by atoms with Gasteiger partial charge in [0.25, 0.3) is 0 Å². The second-order valence-corrected chi connectivity index (χ2v) is 3.81. The van der Waals surface area contributed by atoms with Gasteiger partial charge in [-0.05, 0) is 17.7 Å². The van der Waals surface area contributed by atoms with E-state index in [2.05, 4.69) is 15.9 Å². The Balaban J connectivity index is 2.90. The van der Waals surface area contributed by atoms with Crippen LogP contribution in [0, 0.1) is 0 Å². The van der Waals surface area contributed by atoms with Crippen molar-refractivity contribution in [2.24, 2.45) is 0 Å². The van der Waals surface area contributed by atoms with Crippen LogP contribution in [0.3, 0.4) is 0 Å². The highest BCUT2D eigenvalue weighted by Gasteiger charge is 2.38. The molecule has 1 rings (SSSR count). The monoisotopic (exact) mass is 272 g/mol. The van der Waals surface area contributed by atoms with Crippen LogP contribution in [0.5, 0.6) is 0 Å². The number of alkyl halides is 4. The standard InChI is InChI=1S/C8H5BrClF3/c9-7(8(11,12)13)5-1-3-6(10)4-2-5/h1-4,7H. The van der Waals surface area contributed by atoms with E-state index in [4.69, 9.17) is 11.6 Å². The van der Waals surface area contributed by atoms with Crippen molar-refractivity contribution >= 4 is 27.5 Å². The summed E-state index contributed by atoms with van der Waals surface area (Å²) in [5, 5.41) is 0.422. The molecule has 0 saturated heterocycles. The average molecular weight is 273 g/mol. The molecule has 1 aromatic rings. The van der Waals surface area contributed by atoms with E-state index >= 15 is 0 Å². The van der Waals surface area contributed by atoms with Crippen molar-refractivity contribution in [1.82, 2.24) is 0 Å². The summed E-state index contributed by atoms with van der Waals surface area (Å²) < 4.78 is 36.5. The summed E-state index contributed by atoms with van der Waals surface area (Å²) in [6, 6.07) is 5.54. The second-order valence-electron chi connectivity index (χ2n) is 2.46. The lowest BCUT2D eigenvalue weighted by atomic mass is 10.1. The topological polar surface area (TPSA) is 0 Å². The van der Waals surface area contributed by atoms with Crippen LogP contribution >= 0.6 is 27.5 Å². The zero-order valence-corrected chi connectivity index (χ0v) is 8.62. The van der Waals surface area contributed by atoms with Gasteiger partial charge >= 0.3 is 6.18 Å². The predicted octanol–water partition coefficient (Wildman–Crippen LogP) is 4.34. The Morgan fingerprint density at radius 3 is 2.00 bits per heavy atom. The van der Waals surface area contributed by atoms with Gasteiger partial charge in [-0.1, -0.05) is 39.7 Å². The lowest BCUT2D eigenvalue weighted by molar-refractivity contribution is -0.128. The Morgan fingerprint density at radius 1 is 1.15 bits per heavy atom. The van der Waals surface area contributed by atoms with E-state index < -0.39 is 11.0 Å². The molecule has 0 aliphatic rings. The molecule has 1 unspecified atom stereocenters. The first-order valence-corrected chi connectivity index (χ1v) is 4.67. The zero-order valence-electron chi connectivity index (χ0n) is 6.28. The van der Waals surface area contributed by atoms with Crippen molar-refractivity contribution in [3.05, 3.63) is 34.9 Å². The largest absolute Gasteiger partial charge is 0.405 e. The molecule has 0 nitrogen and oxygen atoms in total. The van der Waals surface area contributed by atoms with Gasteiger partial charge in [0, 0.05) is 5.02 Å². The highest BCUT2D eigenvalue weighted by atomic mass is 79.9. The molecular weight excluding hydrogens is 268 g/mol. The summed E-state index contributed by atoms with van der Waals surface area (Å²) in [5.41, 5.74) is 0.150. The first-order valence-electron chi connectivity index (χ1n) is 3.37. The van der Waals surface area contributed by atoms with Crippen LogP contribution in [0.15, 0.2) is 24.3 Å². The van der Waals surface area contributed by atoms with E-state index in [1.165, 1.54) is 24.3 Å². The Morgan fingerprint density at radius 2 is 1.62 bits per heavy atom. The molecule has 5 heteroatoms. The van der Waals surface area contributed by atoms with Crippen LogP contribution in [-0.4, -0.2) is 6.18 Å². The summed E-state index contributed by atoms with van der Waals surface area (Å²) in [5.74, 6) is 0.